The van der Waals surface area contributed by atoms with Gasteiger partial charge >= 0.3 is 0 Å². The number of hydrogen-bond acceptors (Lipinski definition) is 7. The minimum atomic E-state index is -4.32. The zero-order valence-corrected chi connectivity index (χ0v) is 23.0. The molecule has 2 bridgehead atoms. The molecule has 4 aliphatic rings. The van der Waals surface area contributed by atoms with E-state index in [0.717, 1.165) is 25.5 Å². The molecular weight excluding hydrogens is 545 g/mol. The SMILES string of the molecule is Cc1ccc(CN2C(=O)C(C3=NS(=O)(=O)c4cc(CS(C)(=O)=O)ccc4N3)=C(O)C3C2[C@@H]2CC[C@H]3C2)cc1F. The Bertz CT molecular complexity index is 1700. The highest BCUT2D eigenvalue weighted by Crippen LogP contribution is 2.55. The molecule has 9 nitrogen and oxygen atoms in total. The van der Waals surface area contributed by atoms with Gasteiger partial charge in [0, 0.05) is 24.8 Å². The van der Waals surface area contributed by atoms with Gasteiger partial charge in [0.1, 0.15) is 22.0 Å². The van der Waals surface area contributed by atoms with Crippen molar-refractivity contribution in [2.45, 2.75) is 49.4 Å². The van der Waals surface area contributed by atoms with Gasteiger partial charge in [-0.1, -0.05) is 18.2 Å². The Morgan fingerprint density at radius 3 is 2.56 bits per heavy atom. The number of carbonyl (C=O) groups is 1. The molecule has 206 valence electrons. The number of benzene rings is 2. The lowest BCUT2D eigenvalue weighted by Gasteiger charge is -2.44. The van der Waals surface area contributed by atoms with Gasteiger partial charge in [-0.25, -0.2) is 12.8 Å². The maximum absolute atomic E-state index is 14.3. The van der Waals surface area contributed by atoms with Crippen molar-refractivity contribution in [3.63, 3.8) is 0 Å². The Morgan fingerprint density at radius 1 is 1.13 bits per heavy atom. The van der Waals surface area contributed by atoms with Crippen molar-refractivity contribution in [3.8, 4) is 0 Å². The first-order chi connectivity index (χ1) is 18.3. The number of carbonyl (C=O) groups excluding carboxylic acids is 1. The van der Waals surface area contributed by atoms with Gasteiger partial charge in [-0.05, 0) is 72.9 Å². The average Bonchev–Trinajstić information content (AvgIpc) is 3.46. The highest BCUT2D eigenvalue weighted by molar-refractivity contribution is 7.90. The zero-order valence-electron chi connectivity index (χ0n) is 21.4. The third kappa shape index (κ3) is 4.43. The van der Waals surface area contributed by atoms with Crippen LogP contribution in [0, 0.1) is 30.5 Å². The first-order valence-electron chi connectivity index (χ1n) is 12.7. The Balaban J connectivity index is 1.41. The number of amides is 1. The molecule has 6 rings (SSSR count). The number of aliphatic hydroxyl groups is 1. The fourth-order valence-electron chi connectivity index (χ4n) is 6.68. The molecule has 0 saturated heterocycles. The summed E-state index contributed by atoms with van der Waals surface area (Å²) in [5, 5.41) is 14.3. The number of sulfone groups is 1. The quantitative estimate of drug-likeness (QED) is 0.560. The van der Waals surface area contributed by atoms with E-state index in [2.05, 4.69) is 9.71 Å². The Labute approximate surface area is 226 Å². The van der Waals surface area contributed by atoms with Gasteiger partial charge < -0.3 is 15.3 Å². The molecule has 2 heterocycles. The van der Waals surface area contributed by atoms with Crippen molar-refractivity contribution in [2.75, 3.05) is 11.6 Å². The van der Waals surface area contributed by atoms with Gasteiger partial charge in [0.2, 0.25) is 0 Å². The van der Waals surface area contributed by atoms with Gasteiger partial charge in [-0.2, -0.15) is 8.42 Å². The molecule has 39 heavy (non-hydrogen) atoms. The second kappa shape index (κ2) is 8.88. The van der Waals surface area contributed by atoms with E-state index in [1.807, 2.05) is 0 Å². The summed E-state index contributed by atoms with van der Waals surface area (Å²) in [6, 6.07) is 8.72. The number of sulfonamides is 1. The van der Waals surface area contributed by atoms with Crippen LogP contribution in [0.4, 0.5) is 10.1 Å². The van der Waals surface area contributed by atoms with Crippen molar-refractivity contribution in [1.82, 2.24) is 4.90 Å². The molecule has 2 N–H and O–H groups in total. The van der Waals surface area contributed by atoms with E-state index in [1.54, 1.807) is 24.0 Å². The molecule has 0 spiro atoms. The Hall–Kier alpha value is -3.25. The number of rotatable bonds is 5. The average molecular weight is 574 g/mol. The number of fused-ring (bicyclic) bond motifs is 6. The van der Waals surface area contributed by atoms with Gasteiger partial charge in [0.25, 0.3) is 15.9 Å². The highest BCUT2D eigenvalue weighted by Gasteiger charge is 2.57. The number of halogens is 1. The van der Waals surface area contributed by atoms with Crippen LogP contribution in [0.5, 0.6) is 0 Å². The molecular formula is C27H28FN3O6S2. The lowest BCUT2D eigenvalue weighted by molar-refractivity contribution is -0.134. The zero-order chi connectivity index (χ0) is 27.9. The molecule has 4 atom stereocenters. The van der Waals surface area contributed by atoms with E-state index >= 15 is 0 Å². The molecule has 12 heteroatoms. The molecule has 2 aromatic rings. The van der Waals surface area contributed by atoms with Crippen molar-refractivity contribution in [1.29, 1.82) is 0 Å². The highest BCUT2D eigenvalue weighted by atomic mass is 32.2. The minimum Gasteiger partial charge on any atom is -0.511 e. The van der Waals surface area contributed by atoms with Crippen LogP contribution in [0.15, 0.2) is 57.0 Å². The van der Waals surface area contributed by atoms with E-state index in [4.69, 9.17) is 0 Å². The van der Waals surface area contributed by atoms with Crippen LogP contribution in [-0.4, -0.2) is 50.9 Å². The molecule has 2 aromatic carbocycles. The molecule has 2 saturated carbocycles. The molecule has 2 unspecified atom stereocenters. The van der Waals surface area contributed by atoms with Crippen molar-refractivity contribution < 1.29 is 31.1 Å². The van der Waals surface area contributed by atoms with Crippen LogP contribution in [0.25, 0.3) is 0 Å². The van der Waals surface area contributed by atoms with E-state index in [0.29, 0.717) is 11.1 Å². The molecule has 0 radical (unpaired) electrons. The summed E-state index contributed by atoms with van der Waals surface area (Å²) in [4.78, 5) is 15.4. The van der Waals surface area contributed by atoms with Crippen LogP contribution < -0.4 is 5.32 Å². The minimum absolute atomic E-state index is 0.114. The number of anilines is 1. The van der Waals surface area contributed by atoms with Gasteiger partial charge in [-0.15, -0.1) is 4.40 Å². The van der Waals surface area contributed by atoms with E-state index in [1.165, 1.54) is 24.3 Å². The standard InChI is InChI=1S/C27H28FN3O6S2/c1-14-3-4-15(9-19(14)28)12-31-24-18-7-6-17(11-18)22(24)25(32)23(27(31)33)26-29-20-8-5-16(13-38(2,34)35)10-21(20)39(36,37)30-26/h3-5,8-10,17-18,22,24,32H,6-7,11-13H2,1-2H3,(H,29,30)/t17-,18+,22?,24?/m0/s1. The third-order valence-electron chi connectivity index (χ3n) is 8.32. The van der Waals surface area contributed by atoms with Crippen molar-refractivity contribution in [3.05, 3.63) is 70.2 Å². The number of aliphatic hydroxyl groups excluding tert-OH is 1. The van der Waals surface area contributed by atoms with Crippen LogP contribution in [0.2, 0.25) is 0 Å². The fraction of sp³-hybridized carbons (Fsp3) is 0.407. The van der Waals surface area contributed by atoms with Crippen LogP contribution in [-0.2, 0) is 37.0 Å². The number of nitrogens with one attached hydrogen (secondary N) is 1. The summed E-state index contributed by atoms with van der Waals surface area (Å²) < 4.78 is 68.0. The molecule has 2 aliphatic heterocycles. The smallest absolute Gasteiger partial charge is 0.286 e. The predicted octanol–water partition coefficient (Wildman–Crippen LogP) is 3.46. The third-order valence-corrected chi connectivity index (χ3v) is 10.5. The van der Waals surface area contributed by atoms with E-state index in [-0.39, 0.29) is 75.2 Å². The largest absolute Gasteiger partial charge is 0.511 e. The maximum atomic E-state index is 14.3. The number of amidine groups is 1. The Kier molecular flexibility index (Phi) is 5.92. The first kappa shape index (κ1) is 26.0. The number of nitrogens with zero attached hydrogens (tertiary/aromatic N) is 2. The van der Waals surface area contributed by atoms with E-state index in [9.17, 15) is 31.1 Å². The van der Waals surface area contributed by atoms with E-state index < -0.39 is 25.8 Å². The van der Waals surface area contributed by atoms with Crippen LogP contribution >= 0.6 is 0 Å². The summed E-state index contributed by atoms with van der Waals surface area (Å²) >= 11 is 0. The monoisotopic (exact) mass is 573 g/mol. The summed E-state index contributed by atoms with van der Waals surface area (Å²) in [6.07, 6.45) is 3.73. The molecule has 1 amide bonds. The second-order valence-corrected chi connectivity index (χ2v) is 14.8. The second-order valence-electron chi connectivity index (χ2n) is 11.1. The Morgan fingerprint density at radius 2 is 1.85 bits per heavy atom. The van der Waals surface area contributed by atoms with Gasteiger partial charge in [0.05, 0.1) is 11.4 Å². The van der Waals surface area contributed by atoms with Crippen molar-refractivity contribution in [2.24, 2.45) is 22.2 Å². The van der Waals surface area contributed by atoms with Gasteiger partial charge in [0.15, 0.2) is 15.7 Å². The van der Waals surface area contributed by atoms with Crippen LogP contribution in [0.1, 0.15) is 36.0 Å². The summed E-state index contributed by atoms with van der Waals surface area (Å²) in [5.41, 5.74) is 1.31. The fourth-order valence-corrected chi connectivity index (χ4v) is 8.64. The topological polar surface area (TPSA) is 133 Å². The number of aryl methyl sites for hydroxylation is 1. The predicted molar refractivity (Wildman–Crippen MR) is 143 cm³/mol. The normalized spacial score (nSPS) is 27.2. The number of hydrogen-bond donors (Lipinski definition) is 2. The molecule has 0 aromatic heterocycles. The summed E-state index contributed by atoms with van der Waals surface area (Å²) in [5.74, 6) is -1.75. The lowest BCUT2D eigenvalue weighted by atomic mass is 9.77. The van der Waals surface area contributed by atoms with Crippen molar-refractivity contribution >= 4 is 37.3 Å². The molecule has 2 fully saturated rings. The summed E-state index contributed by atoms with van der Waals surface area (Å²) in [7, 11) is -7.72. The lowest BCUT2D eigenvalue weighted by Crippen LogP contribution is -2.53. The summed E-state index contributed by atoms with van der Waals surface area (Å²) in [6.45, 7) is 1.77. The van der Waals surface area contributed by atoms with Crippen LogP contribution in [0.3, 0.4) is 0 Å². The van der Waals surface area contributed by atoms with Gasteiger partial charge in [-0.3, -0.25) is 4.79 Å². The maximum Gasteiger partial charge on any atom is 0.286 e. The molecule has 2 aliphatic carbocycles. The first-order valence-corrected chi connectivity index (χ1v) is 16.2.